The number of carbonyl (C=O) groups excluding carboxylic acids is 2. The standard InChI is InChI=1S/C13H13FN2O2/c14-7-1-4-11-9(5-7)10(6-12(17)16-11)13(18)15-8-2-3-8/h1,4-5,8,10H,2-3,6H2,(H,15,18)(H,16,17). The van der Waals surface area contributed by atoms with E-state index in [2.05, 4.69) is 10.6 Å². The van der Waals surface area contributed by atoms with E-state index >= 15 is 0 Å². The molecule has 1 atom stereocenters. The number of hydrogen-bond acceptors (Lipinski definition) is 2. The van der Waals surface area contributed by atoms with Gasteiger partial charge in [-0.1, -0.05) is 0 Å². The fourth-order valence-corrected chi connectivity index (χ4v) is 2.20. The smallest absolute Gasteiger partial charge is 0.228 e. The molecule has 1 saturated carbocycles. The first-order valence-electron chi connectivity index (χ1n) is 6.03. The number of rotatable bonds is 2. The van der Waals surface area contributed by atoms with Crippen molar-refractivity contribution in [1.29, 1.82) is 0 Å². The number of nitrogens with one attached hydrogen (secondary N) is 2. The molecule has 0 aromatic heterocycles. The fourth-order valence-electron chi connectivity index (χ4n) is 2.20. The lowest BCUT2D eigenvalue weighted by atomic mass is 9.89. The summed E-state index contributed by atoms with van der Waals surface area (Å²) in [4.78, 5) is 23.6. The molecule has 0 spiro atoms. The normalized spacial score (nSPS) is 22.1. The Morgan fingerprint density at radius 1 is 1.39 bits per heavy atom. The van der Waals surface area contributed by atoms with Crippen LogP contribution in [0.1, 0.15) is 30.7 Å². The Morgan fingerprint density at radius 3 is 2.89 bits per heavy atom. The maximum atomic E-state index is 13.3. The molecule has 2 aliphatic rings. The van der Waals surface area contributed by atoms with Crippen molar-refractivity contribution in [2.75, 3.05) is 5.32 Å². The highest BCUT2D eigenvalue weighted by Gasteiger charge is 2.33. The first kappa shape index (κ1) is 11.2. The monoisotopic (exact) mass is 248 g/mol. The molecule has 0 bridgehead atoms. The Bertz CT molecular complexity index is 526. The molecular weight excluding hydrogens is 235 g/mol. The van der Waals surface area contributed by atoms with E-state index in [1.165, 1.54) is 18.2 Å². The maximum absolute atomic E-state index is 13.3. The van der Waals surface area contributed by atoms with E-state index in [0.717, 1.165) is 12.8 Å². The van der Waals surface area contributed by atoms with Crippen LogP contribution in [0, 0.1) is 5.82 Å². The van der Waals surface area contributed by atoms with Crippen LogP contribution >= 0.6 is 0 Å². The molecule has 3 rings (SSSR count). The van der Waals surface area contributed by atoms with Crippen LogP contribution < -0.4 is 10.6 Å². The van der Waals surface area contributed by atoms with E-state index in [1.54, 1.807) is 0 Å². The summed E-state index contributed by atoms with van der Waals surface area (Å²) in [6.07, 6.45) is 2.05. The van der Waals surface area contributed by atoms with E-state index in [4.69, 9.17) is 0 Å². The summed E-state index contributed by atoms with van der Waals surface area (Å²) in [7, 11) is 0. The minimum Gasteiger partial charge on any atom is -0.353 e. The molecule has 5 heteroatoms. The molecular formula is C13H13FN2O2. The van der Waals surface area contributed by atoms with Gasteiger partial charge in [0.2, 0.25) is 11.8 Å². The second kappa shape index (κ2) is 4.08. The summed E-state index contributed by atoms with van der Waals surface area (Å²) in [5, 5.41) is 5.52. The number of fused-ring (bicyclic) bond motifs is 1. The van der Waals surface area contributed by atoms with E-state index in [-0.39, 0.29) is 24.3 Å². The Morgan fingerprint density at radius 2 is 2.17 bits per heavy atom. The quantitative estimate of drug-likeness (QED) is 0.833. The summed E-state index contributed by atoms with van der Waals surface area (Å²) in [6.45, 7) is 0. The van der Waals surface area contributed by atoms with Crippen molar-refractivity contribution < 1.29 is 14.0 Å². The highest BCUT2D eigenvalue weighted by molar-refractivity contribution is 6.01. The third-order valence-electron chi connectivity index (χ3n) is 3.29. The second-order valence-electron chi connectivity index (χ2n) is 4.82. The number of benzene rings is 1. The van der Waals surface area contributed by atoms with Crippen molar-refractivity contribution in [2.24, 2.45) is 0 Å². The number of carbonyl (C=O) groups is 2. The van der Waals surface area contributed by atoms with Gasteiger partial charge in [-0.05, 0) is 36.6 Å². The third-order valence-corrected chi connectivity index (χ3v) is 3.29. The minimum atomic E-state index is -0.579. The molecule has 0 radical (unpaired) electrons. The van der Waals surface area contributed by atoms with Gasteiger partial charge < -0.3 is 10.6 Å². The molecule has 1 aromatic rings. The van der Waals surface area contributed by atoms with Gasteiger partial charge in [-0.15, -0.1) is 0 Å². The van der Waals surface area contributed by atoms with Gasteiger partial charge in [0.1, 0.15) is 5.82 Å². The van der Waals surface area contributed by atoms with Crippen LogP contribution in [-0.4, -0.2) is 17.9 Å². The summed E-state index contributed by atoms with van der Waals surface area (Å²) in [5.41, 5.74) is 1.09. The number of amides is 2. The molecule has 1 aliphatic heterocycles. The molecule has 94 valence electrons. The first-order chi connectivity index (χ1) is 8.63. The van der Waals surface area contributed by atoms with Crippen LogP contribution in [0.4, 0.5) is 10.1 Å². The minimum absolute atomic E-state index is 0.0784. The molecule has 0 saturated heterocycles. The van der Waals surface area contributed by atoms with Crippen LogP contribution in [0.2, 0.25) is 0 Å². The fraction of sp³-hybridized carbons (Fsp3) is 0.385. The van der Waals surface area contributed by atoms with Crippen LogP contribution in [0.15, 0.2) is 18.2 Å². The van der Waals surface area contributed by atoms with Crippen LogP contribution in [0.5, 0.6) is 0 Å². The lowest BCUT2D eigenvalue weighted by Crippen LogP contribution is -2.36. The van der Waals surface area contributed by atoms with Gasteiger partial charge in [-0.3, -0.25) is 9.59 Å². The molecule has 18 heavy (non-hydrogen) atoms. The van der Waals surface area contributed by atoms with Gasteiger partial charge in [0.15, 0.2) is 0 Å². The zero-order valence-corrected chi connectivity index (χ0v) is 9.70. The Hall–Kier alpha value is -1.91. The third kappa shape index (κ3) is 2.08. The summed E-state index contributed by atoms with van der Waals surface area (Å²) >= 11 is 0. The lowest BCUT2D eigenvalue weighted by Gasteiger charge is -2.24. The second-order valence-corrected chi connectivity index (χ2v) is 4.82. The summed E-state index contributed by atoms with van der Waals surface area (Å²) < 4.78 is 13.3. The van der Waals surface area contributed by atoms with Crippen molar-refractivity contribution in [3.05, 3.63) is 29.6 Å². The molecule has 1 heterocycles. The van der Waals surface area contributed by atoms with E-state index < -0.39 is 11.7 Å². The molecule has 4 nitrogen and oxygen atoms in total. The van der Waals surface area contributed by atoms with Crippen molar-refractivity contribution in [1.82, 2.24) is 5.32 Å². The summed E-state index contributed by atoms with van der Waals surface area (Å²) in [5.74, 6) is -1.36. The predicted octanol–water partition coefficient (Wildman–Crippen LogP) is 1.53. The van der Waals surface area contributed by atoms with Crippen molar-refractivity contribution in [3.63, 3.8) is 0 Å². The summed E-state index contributed by atoms with van der Waals surface area (Å²) in [6, 6.07) is 4.34. The highest BCUT2D eigenvalue weighted by Crippen LogP contribution is 2.33. The molecule has 1 aromatic carbocycles. The average Bonchev–Trinajstić information content (AvgIpc) is 3.12. The van der Waals surface area contributed by atoms with Gasteiger partial charge in [0.05, 0.1) is 5.92 Å². The van der Waals surface area contributed by atoms with Gasteiger partial charge in [-0.25, -0.2) is 4.39 Å². The topological polar surface area (TPSA) is 58.2 Å². The van der Waals surface area contributed by atoms with Crippen molar-refractivity contribution in [3.8, 4) is 0 Å². The van der Waals surface area contributed by atoms with Crippen LogP contribution in [0.3, 0.4) is 0 Å². The Balaban J connectivity index is 1.92. The van der Waals surface area contributed by atoms with Crippen LogP contribution in [-0.2, 0) is 9.59 Å². The lowest BCUT2D eigenvalue weighted by molar-refractivity contribution is -0.126. The predicted molar refractivity (Wildman–Crippen MR) is 63.6 cm³/mol. The van der Waals surface area contributed by atoms with E-state index in [1.807, 2.05) is 0 Å². The van der Waals surface area contributed by atoms with E-state index in [9.17, 15) is 14.0 Å². The SMILES string of the molecule is O=C1CC(C(=O)NC2CC2)c2cc(F)ccc2N1. The average molecular weight is 248 g/mol. The highest BCUT2D eigenvalue weighted by atomic mass is 19.1. The molecule has 2 amide bonds. The molecule has 1 unspecified atom stereocenters. The van der Waals surface area contributed by atoms with Gasteiger partial charge in [-0.2, -0.15) is 0 Å². The molecule has 2 N–H and O–H groups in total. The zero-order valence-electron chi connectivity index (χ0n) is 9.70. The largest absolute Gasteiger partial charge is 0.353 e. The maximum Gasteiger partial charge on any atom is 0.228 e. The number of anilines is 1. The van der Waals surface area contributed by atoms with Crippen molar-refractivity contribution in [2.45, 2.75) is 31.2 Å². The Labute approximate surface area is 104 Å². The van der Waals surface area contributed by atoms with Gasteiger partial charge in [0.25, 0.3) is 0 Å². The Kier molecular flexibility index (Phi) is 2.54. The van der Waals surface area contributed by atoms with Crippen molar-refractivity contribution >= 4 is 17.5 Å². The van der Waals surface area contributed by atoms with Gasteiger partial charge >= 0.3 is 0 Å². The number of halogens is 1. The van der Waals surface area contributed by atoms with E-state index in [0.29, 0.717) is 11.3 Å². The van der Waals surface area contributed by atoms with Crippen LogP contribution in [0.25, 0.3) is 0 Å². The molecule has 1 aliphatic carbocycles. The zero-order chi connectivity index (χ0) is 12.7. The first-order valence-corrected chi connectivity index (χ1v) is 6.03. The van der Waals surface area contributed by atoms with Gasteiger partial charge in [0, 0.05) is 18.2 Å². The number of hydrogen-bond donors (Lipinski definition) is 2. The molecule has 1 fully saturated rings.